The number of sulfonamides is 2. The predicted octanol–water partition coefficient (Wildman–Crippen LogP) is 0.0373. The standard InChI is InChI=1S/C11H18N2O5S2/c1-9(6-7-18-2)13-20(16,17)11-5-3-4-10(8-11)19(12,14)15/h3-5,8-9,13H,6-7H2,1-2H3,(H2,12,14,15). The molecule has 0 aromatic heterocycles. The van der Waals surface area contributed by atoms with E-state index in [0.717, 1.165) is 6.07 Å². The Morgan fingerprint density at radius 3 is 2.40 bits per heavy atom. The maximum atomic E-state index is 12.1. The first-order valence-electron chi connectivity index (χ1n) is 5.81. The molecule has 1 aromatic rings. The normalized spacial score (nSPS) is 14.2. The average molecular weight is 322 g/mol. The Morgan fingerprint density at radius 2 is 1.85 bits per heavy atom. The van der Waals surface area contributed by atoms with Crippen molar-refractivity contribution in [3.8, 4) is 0 Å². The number of primary sulfonamides is 1. The van der Waals surface area contributed by atoms with E-state index in [4.69, 9.17) is 9.88 Å². The van der Waals surface area contributed by atoms with Gasteiger partial charge in [0.15, 0.2) is 0 Å². The van der Waals surface area contributed by atoms with E-state index in [1.165, 1.54) is 25.3 Å². The number of benzene rings is 1. The highest BCUT2D eigenvalue weighted by atomic mass is 32.2. The molecule has 114 valence electrons. The molecular formula is C11H18N2O5S2. The van der Waals surface area contributed by atoms with Crippen LogP contribution >= 0.6 is 0 Å². The summed E-state index contributed by atoms with van der Waals surface area (Å²) in [7, 11) is -6.21. The molecule has 0 saturated carbocycles. The first kappa shape index (κ1) is 17.1. The van der Waals surface area contributed by atoms with Crippen LogP contribution in [0.1, 0.15) is 13.3 Å². The first-order chi connectivity index (χ1) is 9.16. The lowest BCUT2D eigenvalue weighted by atomic mass is 10.3. The molecule has 0 saturated heterocycles. The second-order valence-electron chi connectivity index (χ2n) is 4.32. The maximum absolute atomic E-state index is 12.1. The average Bonchev–Trinajstić information content (AvgIpc) is 2.35. The summed E-state index contributed by atoms with van der Waals surface area (Å²) >= 11 is 0. The number of rotatable bonds is 7. The lowest BCUT2D eigenvalue weighted by Gasteiger charge is -2.14. The third-order valence-corrected chi connectivity index (χ3v) is 5.05. The van der Waals surface area contributed by atoms with E-state index in [2.05, 4.69) is 4.72 Å². The molecule has 0 bridgehead atoms. The van der Waals surface area contributed by atoms with Gasteiger partial charge >= 0.3 is 0 Å². The second-order valence-corrected chi connectivity index (χ2v) is 7.60. The van der Waals surface area contributed by atoms with E-state index in [9.17, 15) is 16.8 Å². The van der Waals surface area contributed by atoms with Gasteiger partial charge in [-0.3, -0.25) is 0 Å². The first-order valence-corrected chi connectivity index (χ1v) is 8.84. The Balaban J connectivity index is 2.99. The van der Waals surface area contributed by atoms with Gasteiger partial charge in [0.05, 0.1) is 9.79 Å². The van der Waals surface area contributed by atoms with Crippen LogP contribution in [0.15, 0.2) is 34.1 Å². The summed E-state index contributed by atoms with van der Waals surface area (Å²) in [6.45, 7) is 2.11. The van der Waals surface area contributed by atoms with Crippen molar-refractivity contribution in [1.29, 1.82) is 0 Å². The molecule has 3 N–H and O–H groups in total. The maximum Gasteiger partial charge on any atom is 0.240 e. The van der Waals surface area contributed by atoms with Gasteiger partial charge in [-0.15, -0.1) is 0 Å². The Morgan fingerprint density at radius 1 is 1.25 bits per heavy atom. The molecule has 0 spiro atoms. The number of nitrogens with one attached hydrogen (secondary N) is 1. The molecule has 0 fully saturated rings. The van der Waals surface area contributed by atoms with Gasteiger partial charge in [0.25, 0.3) is 0 Å². The summed E-state index contributed by atoms with van der Waals surface area (Å²) in [6.07, 6.45) is 0.505. The van der Waals surface area contributed by atoms with E-state index >= 15 is 0 Å². The number of ether oxygens (including phenoxy) is 1. The van der Waals surface area contributed by atoms with Crippen LogP contribution in [0.5, 0.6) is 0 Å². The van der Waals surface area contributed by atoms with Crippen molar-refractivity contribution in [2.24, 2.45) is 5.14 Å². The highest BCUT2D eigenvalue weighted by Crippen LogP contribution is 2.15. The number of hydrogen-bond donors (Lipinski definition) is 2. The largest absolute Gasteiger partial charge is 0.385 e. The molecule has 0 amide bonds. The Bertz CT molecular complexity index is 655. The molecule has 1 atom stereocenters. The van der Waals surface area contributed by atoms with Crippen LogP contribution in [-0.2, 0) is 24.8 Å². The van der Waals surface area contributed by atoms with Gasteiger partial charge in [-0.25, -0.2) is 26.7 Å². The van der Waals surface area contributed by atoms with Crippen molar-refractivity contribution >= 4 is 20.0 Å². The zero-order valence-electron chi connectivity index (χ0n) is 11.2. The van der Waals surface area contributed by atoms with Gasteiger partial charge in [0.2, 0.25) is 20.0 Å². The lowest BCUT2D eigenvalue weighted by Crippen LogP contribution is -2.33. The van der Waals surface area contributed by atoms with Crippen LogP contribution in [0, 0.1) is 0 Å². The molecular weight excluding hydrogens is 304 g/mol. The summed E-state index contributed by atoms with van der Waals surface area (Å²) in [4.78, 5) is -0.391. The molecule has 0 aliphatic heterocycles. The van der Waals surface area contributed by atoms with Gasteiger partial charge in [-0.05, 0) is 31.5 Å². The highest BCUT2D eigenvalue weighted by molar-refractivity contribution is 7.90. The fourth-order valence-corrected chi connectivity index (χ4v) is 3.46. The Hall–Kier alpha value is -1.00. The van der Waals surface area contributed by atoms with Gasteiger partial charge in [0, 0.05) is 19.8 Å². The highest BCUT2D eigenvalue weighted by Gasteiger charge is 2.19. The van der Waals surface area contributed by atoms with Crippen LogP contribution in [0.25, 0.3) is 0 Å². The van der Waals surface area contributed by atoms with Crippen LogP contribution in [0.2, 0.25) is 0 Å². The zero-order chi connectivity index (χ0) is 15.4. The van der Waals surface area contributed by atoms with E-state index < -0.39 is 20.0 Å². The number of methoxy groups -OCH3 is 1. The van der Waals surface area contributed by atoms with Crippen LogP contribution in [-0.4, -0.2) is 36.6 Å². The van der Waals surface area contributed by atoms with E-state index in [0.29, 0.717) is 13.0 Å². The molecule has 0 aliphatic carbocycles. The summed E-state index contributed by atoms with van der Waals surface area (Å²) in [5.41, 5.74) is 0. The van der Waals surface area contributed by atoms with Crippen molar-refractivity contribution in [3.63, 3.8) is 0 Å². The molecule has 1 unspecified atom stereocenters. The summed E-state index contributed by atoms with van der Waals surface area (Å²) in [5, 5.41) is 4.98. The molecule has 0 heterocycles. The SMILES string of the molecule is COCCC(C)NS(=O)(=O)c1cccc(S(N)(=O)=O)c1. The van der Waals surface area contributed by atoms with Gasteiger partial charge in [-0.2, -0.15) is 0 Å². The Labute approximate surface area is 119 Å². The minimum absolute atomic E-state index is 0.145. The molecule has 9 heteroatoms. The predicted molar refractivity (Wildman–Crippen MR) is 74.1 cm³/mol. The number of hydrogen-bond acceptors (Lipinski definition) is 5. The smallest absolute Gasteiger partial charge is 0.240 e. The van der Waals surface area contributed by atoms with E-state index in [1.807, 2.05) is 0 Å². The van der Waals surface area contributed by atoms with E-state index in [-0.39, 0.29) is 15.8 Å². The monoisotopic (exact) mass is 322 g/mol. The van der Waals surface area contributed by atoms with Crippen molar-refractivity contribution in [2.45, 2.75) is 29.2 Å². The minimum Gasteiger partial charge on any atom is -0.385 e. The van der Waals surface area contributed by atoms with Crippen LogP contribution in [0.4, 0.5) is 0 Å². The third-order valence-electron chi connectivity index (χ3n) is 2.56. The molecule has 0 radical (unpaired) electrons. The zero-order valence-corrected chi connectivity index (χ0v) is 12.9. The van der Waals surface area contributed by atoms with Crippen LogP contribution < -0.4 is 9.86 Å². The summed E-state index contributed by atoms with van der Waals surface area (Å²) in [5.74, 6) is 0. The lowest BCUT2D eigenvalue weighted by molar-refractivity contribution is 0.188. The van der Waals surface area contributed by atoms with Crippen molar-refractivity contribution < 1.29 is 21.6 Å². The summed E-state index contributed by atoms with van der Waals surface area (Å²) in [6, 6.07) is 4.57. The Kier molecular flexibility index (Phi) is 5.66. The van der Waals surface area contributed by atoms with Crippen molar-refractivity contribution in [2.75, 3.05) is 13.7 Å². The van der Waals surface area contributed by atoms with Crippen molar-refractivity contribution in [3.05, 3.63) is 24.3 Å². The van der Waals surface area contributed by atoms with Gasteiger partial charge in [-0.1, -0.05) is 6.07 Å². The topological polar surface area (TPSA) is 116 Å². The van der Waals surface area contributed by atoms with E-state index in [1.54, 1.807) is 6.92 Å². The van der Waals surface area contributed by atoms with Gasteiger partial charge < -0.3 is 4.74 Å². The third kappa shape index (κ3) is 4.84. The van der Waals surface area contributed by atoms with Gasteiger partial charge in [0.1, 0.15) is 0 Å². The fourth-order valence-electron chi connectivity index (χ4n) is 1.50. The minimum atomic E-state index is -3.94. The number of nitrogens with two attached hydrogens (primary N) is 1. The fraction of sp³-hybridized carbons (Fsp3) is 0.455. The second kappa shape index (κ2) is 6.64. The molecule has 1 aromatic carbocycles. The van der Waals surface area contributed by atoms with Crippen molar-refractivity contribution in [1.82, 2.24) is 4.72 Å². The summed E-state index contributed by atoms with van der Waals surface area (Å²) < 4.78 is 53.9. The quantitative estimate of drug-likeness (QED) is 0.735. The molecule has 1 rings (SSSR count). The molecule has 0 aliphatic rings. The molecule has 20 heavy (non-hydrogen) atoms. The molecule has 7 nitrogen and oxygen atoms in total. The van der Waals surface area contributed by atoms with Crippen LogP contribution in [0.3, 0.4) is 0 Å².